The van der Waals surface area contributed by atoms with Gasteiger partial charge in [-0.1, -0.05) is 0 Å². The zero-order chi connectivity index (χ0) is 20.1. The van der Waals surface area contributed by atoms with Gasteiger partial charge >= 0.3 is 15.2 Å². The van der Waals surface area contributed by atoms with Gasteiger partial charge in [0.1, 0.15) is 6.35 Å². The monoisotopic (exact) mass is 426 g/mol. The highest BCUT2D eigenvalue weighted by molar-refractivity contribution is 7.51. The number of aromatic nitrogens is 4. The lowest BCUT2D eigenvalue weighted by atomic mass is 10.2. The molecule has 27 heavy (non-hydrogen) atoms. The fourth-order valence-electron chi connectivity index (χ4n) is 2.23. The maximum atomic E-state index is 11.7. The molecule has 0 aliphatic heterocycles. The fourth-order valence-corrected chi connectivity index (χ4v) is 2.94. The Hall–Kier alpha value is -1.43. The Bertz CT molecular complexity index is 902. The Labute approximate surface area is 152 Å². The van der Waals surface area contributed by atoms with Gasteiger partial charge < -0.3 is 38.6 Å². The van der Waals surface area contributed by atoms with Crippen LogP contribution in [0.2, 0.25) is 0 Å². The van der Waals surface area contributed by atoms with Crippen LogP contribution in [0, 0.1) is 5.92 Å². The molecule has 15 heteroatoms. The molecule has 0 fully saturated rings. The quantitative estimate of drug-likeness (QED) is 0.220. The Morgan fingerprint density at radius 1 is 1.11 bits per heavy atom. The molecule has 2 rings (SSSR count). The molecule has 0 amide bonds. The summed E-state index contributed by atoms with van der Waals surface area (Å²) in [6, 6.07) is 0. The molecule has 0 bridgehead atoms. The van der Waals surface area contributed by atoms with Crippen LogP contribution in [0.25, 0.3) is 11.2 Å². The first-order valence-electron chi connectivity index (χ1n) is 7.68. The molecule has 0 saturated carbocycles. The van der Waals surface area contributed by atoms with Crippen molar-refractivity contribution in [1.29, 1.82) is 0 Å². The van der Waals surface area contributed by atoms with Crippen molar-refractivity contribution >= 4 is 26.4 Å². The first kappa shape index (κ1) is 21.9. The predicted molar refractivity (Wildman–Crippen MR) is 92.2 cm³/mol. The molecule has 0 spiro atoms. The second-order valence-corrected chi connectivity index (χ2v) is 9.16. The Kier molecular flexibility index (Phi) is 7.43. The van der Waals surface area contributed by atoms with Crippen LogP contribution < -0.4 is 5.56 Å². The Morgan fingerprint density at radius 3 is 2.48 bits per heavy atom. The van der Waals surface area contributed by atoms with E-state index in [0.29, 0.717) is 5.65 Å². The first-order valence-corrected chi connectivity index (χ1v) is 11.3. The number of fused-ring (bicyclic) bond motifs is 1. The van der Waals surface area contributed by atoms with Crippen LogP contribution in [0.4, 0.5) is 0 Å². The van der Waals surface area contributed by atoms with Gasteiger partial charge in [-0.2, -0.15) is 0 Å². The molecule has 2 aromatic rings. The van der Waals surface area contributed by atoms with Gasteiger partial charge in [0, 0.05) is 12.5 Å². The molecule has 0 aliphatic carbocycles. The van der Waals surface area contributed by atoms with Crippen LogP contribution in [0.3, 0.4) is 0 Å². The van der Waals surface area contributed by atoms with Gasteiger partial charge in [0.05, 0.1) is 38.6 Å². The maximum absolute atomic E-state index is 11.7. The van der Waals surface area contributed by atoms with Crippen molar-refractivity contribution in [2.75, 3.05) is 32.3 Å². The average molecular weight is 426 g/mol. The molecule has 13 nitrogen and oxygen atoms in total. The number of ether oxygens (including phenoxy) is 2. The predicted octanol–water partition coefficient (Wildman–Crippen LogP) is -0.918. The number of nitrogens with one attached hydrogen (secondary N) is 1. The largest absolute Gasteiger partial charge is 0.380 e. The summed E-state index contributed by atoms with van der Waals surface area (Å²) in [4.78, 5) is 57.5. The first-order chi connectivity index (χ1) is 12.6. The lowest BCUT2D eigenvalue weighted by Gasteiger charge is -2.18. The van der Waals surface area contributed by atoms with Crippen LogP contribution in [-0.2, 0) is 25.1 Å². The standard InChI is InChI=1S/C12H20N4O9P2/c17-12-10-11(13-6-14-12)16(7-15-10)3-9(5-25-8-27(21,22)23)4-24-1-2-26(18,19)20/h6-7,9H,1-5,8H2,(H,13,14,17)(H2,18,19,20)(H2,21,22,23). The smallest absolute Gasteiger partial charge is 0.350 e. The number of nitrogens with zero attached hydrogens (tertiary/aromatic N) is 3. The lowest BCUT2D eigenvalue weighted by molar-refractivity contribution is 0.0468. The van der Waals surface area contributed by atoms with E-state index < -0.39 is 39.2 Å². The SMILES string of the molecule is O=c1[nH]cnc2c1ncn2CC(COCCP(=O)(O)O)COCP(=O)(O)O. The zero-order valence-corrected chi connectivity index (χ0v) is 15.8. The lowest BCUT2D eigenvalue weighted by Crippen LogP contribution is -2.23. The summed E-state index contributed by atoms with van der Waals surface area (Å²) in [5, 5.41) is 0. The van der Waals surface area contributed by atoms with Crippen molar-refractivity contribution in [1.82, 2.24) is 19.5 Å². The van der Waals surface area contributed by atoms with Crippen molar-refractivity contribution in [2.24, 2.45) is 5.92 Å². The number of H-pyrrole nitrogens is 1. The fraction of sp³-hybridized carbons (Fsp3) is 0.583. The van der Waals surface area contributed by atoms with Gasteiger partial charge in [0.15, 0.2) is 11.2 Å². The highest BCUT2D eigenvalue weighted by Crippen LogP contribution is 2.34. The van der Waals surface area contributed by atoms with Crippen LogP contribution in [0.15, 0.2) is 17.4 Å². The van der Waals surface area contributed by atoms with E-state index in [4.69, 9.17) is 29.0 Å². The summed E-state index contributed by atoms with van der Waals surface area (Å²) in [7, 11) is -8.52. The molecule has 5 N–H and O–H groups in total. The number of rotatable bonds is 11. The summed E-state index contributed by atoms with van der Waals surface area (Å²) in [6.45, 7) is -0.0835. The maximum Gasteiger partial charge on any atom is 0.350 e. The summed E-state index contributed by atoms with van der Waals surface area (Å²) < 4.78 is 33.6. The summed E-state index contributed by atoms with van der Waals surface area (Å²) in [5.74, 6) is -0.438. The van der Waals surface area contributed by atoms with E-state index in [1.165, 1.54) is 12.7 Å². The second-order valence-electron chi connectivity index (χ2n) is 5.79. The Balaban J connectivity index is 2.03. The van der Waals surface area contributed by atoms with E-state index >= 15 is 0 Å². The normalized spacial score (nSPS) is 13.9. The van der Waals surface area contributed by atoms with E-state index in [0.717, 1.165) is 0 Å². The van der Waals surface area contributed by atoms with Crippen molar-refractivity contribution in [3.63, 3.8) is 0 Å². The molecule has 2 aromatic heterocycles. The molecule has 1 atom stereocenters. The van der Waals surface area contributed by atoms with Gasteiger partial charge in [-0.3, -0.25) is 13.9 Å². The molecular weight excluding hydrogens is 406 g/mol. The van der Waals surface area contributed by atoms with Gasteiger partial charge in [-0.05, 0) is 0 Å². The molecular formula is C12H20N4O9P2. The van der Waals surface area contributed by atoms with Crippen LogP contribution >= 0.6 is 15.2 Å². The van der Waals surface area contributed by atoms with E-state index in [1.807, 2.05) is 0 Å². The van der Waals surface area contributed by atoms with E-state index in [-0.39, 0.29) is 31.9 Å². The summed E-state index contributed by atoms with van der Waals surface area (Å²) in [5.41, 5.74) is 0.0368. The van der Waals surface area contributed by atoms with Crippen LogP contribution in [0.5, 0.6) is 0 Å². The van der Waals surface area contributed by atoms with E-state index in [9.17, 15) is 13.9 Å². The van der Waals surface area contributed by atoms with E-state index in [2.05, 4.69) is 15.0 Å². The van der Waals surface area contributed by atoms with Crippen molar-refractivity contribution in [2.45, 2.75) is 6.54 Å². The highest BCUT2D eigenvalue weighted by atomic mass is 31.2. The van der Waals surface area contributed by atoms with Crippen LogP contribution in [-0.4, -0.2) is 71.4 Å². The third-order valence-corrected chi connectivity index (χ3v) is 4.64. The van der Waals surface area contributed by atoms with Gasteiger partial charge in [0.25, 0.3) is 5.56 Å². The van der Waals surface area contributed by atoms with Crippen molar-refractivity contribution < 1.29 is 38.2 Å². The number of hydrogen-bond donors (Lipinski definition) is 5. The van der Waals surface area contributed by atoms with Gasteiger partial charge in [-0.25, -0.2) is 9.97 Å². The number of hydrogen-bond acceptors (Lipinski definition) is 7. The molecule has 2 heterocycles. The highest BCUT2D eigenvalue weighted by Gasteiger charge is 2.19. The molecule has 0 aliphatic rings. The minimum atomic E-state index is -4.33. The molecule has 0 saturated heterocycles. The number of imidazole rings is 1. The third kappa shape index (κ3) is 7.60. The molecule has 152 valence electrons. The molecule has 0 aromatic carbocycles. The second kappa shape index (κ2) is 9.18. The molecule has 1 unspecified atom stereocenters. The summed E-state index contributed by atoms with van der Waals surface area (Å²) in [6.07, 6.45) is 1.39. The van der Waals surface area contributed by atoms with Crippen molar-refractivity contribution in [3.05, 3.63) is 23.0 Å². The summed E-state index contributed by atoms with van der Waals surface area (Å²) >= 11 is 0. The average Bonchev–Trinajstić information content (AvgIpc) is 2.93. The van der Waals surface area contributed by atoms with Crippen LogP contribution in [0.1, 0.15) is 0 Å². The Morgan fingerprint density at radius 2 is 1.81 bits per heavy atom. The minimum Gasteiger partial charge on any atom is -0.380 e. The minimum absolute atomic E-state index is 0.00399. The van der Waals surface area contributed by atoms with Gasteiger partial charge in [-0.15, -0.1) is 0 Å². The topological polar surface area (TPSA) is 197 Å². The third-order valence-electron chi connectivity index (χ3n) is 3.36. The number of aromatic amines is 1. The molecule has 0 radical (unpaired) electrons. The van der Waals surface area contributed by atoms with Crippen molar-refractivity contribution in [3.8, 4) is 0 Å². The zero-order valence-electron chi connectivity index (χ0n) is 14.0. The van der Waals surface area contributed by atoms with Gasteiger partial charge in [0.2, 0.25) is 0 Å². The van der Waals surface area contributed by atoms with E-state index in [1.54, 1.807) is 4.57 Å².